The van der Waals surface area contributed by atoms with E-state index in [1.165, 1.54) is 0 Å². The highest BCUT2D eigenvalue weighted by Gasteiger charge is 2.46. The van der Waals surface area contributed by atoms with Gasteiger partial charge in [0.25, 0.3) is 0 Å². The van der Waals surface area contributed by atoms with E-state index in [1.807, 2.05) is 11.1 Å². The van der Waals surface area contributed by atoms with Crippen molar-refractivity contribution in [2.24, 2.45) is 22.6 Å². The number of aliphatic imine (C=N–C) groups is 1. The molecular formula is C11H17N3O2. The molecule has 2 aliphatic rings. The van der Waals surface area contributed by atoms with Gasteiger partial charge >= 0.3 is 0 Å². The fraction of sp³-hybridized carbons (Fsp3) is 0.545. The van der Waals surface area contributed by atoms with Gasteiger partial charge in [0.2, 0.25) is 0 Å². The van der Waals surface area contributed by atoms with E-state index in [0.717, 1.165) is 5.57 Å². The summed E-state index contributed by atoms with van der Waals surface area (Å²) in [7, 11) is 0. The molecule has 5 nitrogen and oxygen atoms in total. The van der Waals surface area contributed by atoms with Crippen LogP contribution in [0.1, 0.15) is 0 Å². The Morgan fingerprint density at radius 3 is 2.75 bits per heavy atom. The second-order valence-corrected chi connectivity index (χ2v) is 4.21. The molecule has 0 aromatic heterocycles. The molecule has 2 rings (SSSR count). The molecule has 0 radical (unpaired) electrons. The topological polar surface area (TPSA) is 82.1 Å². The predicted molar refractivity (Wildman–Crippen MR) is 61.5 cm³/mol. The van der Waals surface area contributed by atoms with E-state index < -0.39 is 0 Å². The fourth-order valence-corrected chi connectivity index (χ4v) is 2.43. The molecule has 0 aromatic rings. The molecule has 5 heteroatoms. The minimum absolute atomic E-state index is 0.00616. The Morgan fingerprint density at radius 1 is 1.50 bits per heavy atom. The van der Waals surface area contributed by atoms with Crippen molar-refractivity contribution < 1.29 is 10.2 Å². The van der Waals surface area contributed by atoms with Crippen LogP contribution in [0.15, 0.2) is 29.4 Å². The maximum Gasteiger partial charge on any atom is 0.121 e. The van der Waals surface area contributed by atoms with Gasteiger partial charge in [-0.15, -0.1) is 0 Å². The number of hydrogen-bond acceptors (Lipinski definition) is 5. The number of aliphatic hydroxyl groups is 2. The lowest BCUT2D eigenvalue weighted by Gasteiger charge is -2.50. The lowest BCUT2D eigenvalue weighted by molar-refractivity contribution is 0.0258. The maximum atomic E-state index is 9.29. The molecule has 0 unspecified atom stereocenters. The third-order valence-electron chi connectivity index (χ3n) is 3.40. The van der Waals surface area contributed by atoms with E-state index in [-0.39, 0.29) is 31.1 Å². The third kappa shape index (κ3) is 1.62. The van der Waals surface area contributed by atoms with Gasteiger partial charge < -0.3 is 20.8 Å². The Morgan fingerprint density at radius 2 is 2.25 bits per heavy atom. The number of nitrogens with zero attached hydrogens (tertiary/aromatic N) is 2. The quantitative estimate of drug-likeness (QED) is 0.552. The third-order valence-corrected chi connectivity index (χ3v) is 3.40. The first-order valence-electron chi connectivity index (χ1n) is 5.33. The van der Waals surface area contributed by atoms with Crippen molar-refractivity contribution in [3.63, 3.8) is 0 Å². The van der Waals surface area contributed by atoms with Gasteiger partial charge in [-0.2, -0.15) is 0 Å². The van der Waals surface area contributed by atoms with Crippen molar-refractivity contribution in [3.8, 4) is 0 Å². The first-order valence-corrected chi connectivity index (χ1v) is 5.33. The lowest BCUT2D eigenvalue weighted by Crippen LogP contribution is -2.56. The second-order valence-electron chi connectivity index (χ2n) is 4.21. The SMILES string of the molecule is C=C1[C@@H](N2C=CC(N)=NC2)[C@H](CO)[C@H]1CO. The van der Waals surface area contributed by atoms with E-state index >= 15 is 0 Å². The first-order chi connectivity index (χ1) is 7.69. The molecular weight excluding hydrogens is 206 g/mol. The highest BCUT2D eigenvalue weighted by atomic mass is 16.3. The van der Waals surface area contributed by atoms with Crippen LogP contribution in [0.25, 0.3) is 0 Å². The number of hydrogen-bond donors (Lipinski definition) is 3. The van der Waals surface area contributed by atoms with Gasteiger partial charge in [-0.25, -0.2) is 4.99 Å². The van der Waals surface area contributed by atoms with Gasteiger partial charge in [0.05, 0.1) is 12.6 Å². The van der Waals surface area contributed by atoms with Crippen molar-refractivity contribution in [3.05, 3.63) is 24.4 Å². The predicted octanol–water partition coefficient (Wildman–Crippen LogP) is -0.714. The minimum Gasteiger partial charge on any atom is -0.396 e. The van der Waals surface area contributed by atoms with Gasteiger partial charge in [-0.05, 0) is 11.6 Å². The van der Waals surface area contributed by atoms with Gasteiger partial charge in [-0.1, -0.05) is 6.58 Å². The zero-order valence-electron chi connectivity index (χ0n) is 9.08. The van der Waals surface area contributed by atoms with Crippen LogP contribution in [0.5, 0.6) is 0 Å². The average molecular weight is 223 g/mol. The molecule has 0 bridgehead atoms. The molecule has 1 aliphatic carbocycles. The van der Waals surface area contributed by atoms with Crippen LogP contribution >= 0.6 is 0 Å². The molecule has 0 saturated heterocycles. The standard InChI is InChI=1S/C11H17N3O2/c1-7-8(4-15)9(5-16)11(7)14-3-2-10(12)13-6-14/h2-3,8-9,11,15-16H,1,4-6H2,(H2,12,13)/t8-,9+,11+/m0/s1. The summed E-state index contributed by atoms with van der Waals surface area (Å²) in [4.78, 5) is 6.11. The molecule has 16 heavy (non-hydrogen) atoms. The van der Waals surface area contributed by atoms with Gasteiger partial charge in [0, 0.05) is 24.6 Å². The van der Waals surface area contributed by atoms with E-state index in [0.29, 0.717) is 12.5 Å². The van der Waals surface area contributed by atoms with Crippen LogP contribution < -0.4 is 5.73 Å². The Labute approximate surface area is 94.6 Å². The van der Waals surface area contributed by atoms with E-state index in [2.05, 4.69) is 11.6 Å². The zero-order valence-corrected chi connectivity index (χ0v) is 9.08. The maximum absolute atomic E-state index is 9.29. The van der Waals surface area contributed by atoms with Gasteiger partial charge in [-0.3, -0.25) is 0 Å². The molecule has 4 N–H and O–H groups in total. The molecule has 3 atom stereocenters. The molecule has 0 amide bonds. The van der Waals surface area contributed by atoms with Crippen molar-refractivity contribution in [1.82, 2.24) is 4.90 Å². The van der Waals surface area contributed by atoms with Crippen LogP contribution in [0.3, 0.4) is 0 Å². The smallest absolute Gasteiger partial charge is 0.121 e. The van der Waals surface area contributed by atoms with E-state index in [1.54, 1.807) is 6.08 Å². The minimum atomic E-state index is 0.00616. The molecule has 1 aliphatic heterocycles. The summed E-state index contributed by atoms with van der Waals surface area (Å²) in [5.41, 5.74) is 6.50. The highest BCUT2D eigenvalue weighted by Crippen LogP contribution is 2.42. The summed E-state index contributed by atoms with van der Waals surface area (Å²) in [5, 5.41) is 18.5. The summed E-state index contributed by atoms with van der Waals surface area (Å²) in [6.07, 6.45) is 3.60. The van der Waals surface area contributed by atoms with Crippen LogP contribution in [0.4, 0.5) is 0 Å². The Hall–Kier alpha value is -1.33. The Kier molecular flexibility index (Phi) is 2.98. The monoisotopic (exact) mass is 223 g/mol. The van der Waals surface area contributed by atoms with Crippen LogP contribution in [0.2, 0.25) is 0 Å². The first kappa shape index (κ1) is 11.2. The molecule has 1 saturated carbocycles. The number of amidine groups is 1. The number of aliphatic hydroxyl groups excluding tert-OH is 2. The van der Waals surface area contributed by atoms with E-state index in [4.69, 9.17) is 10.8 Å². The summed E-state index contributed by atoms with van der Waals surface area (Å²) in [5.74, 6) is 0.559. The molecule has 88 valence electrons. The van der Waals surface area contributed by atoms with Crippen LogP contribution in [0, 0.1) is 11.8 Å². The normalized spacial score (nSPS) is 33.6. The van der Waals surface area contributed by atoms with Crippen molar-refractivity contribution in [1.29, 1.82) is 0 Å². The second kappa shape index (κ2) is 4.27. The van der Waals surface area contributed by atoms with Crippen LogP contribution in [-0.4, -0.2) is 46.9 Å². The highest BCUT2D eigenvalue weighted by molar-refractivity contribution is 5.91. The number of nitrogens with two attached hydrogens (primary N) is 1. The van der Waals surface area contributed by atoms with E-state index in [9.17, 15) is 5.11 Å². The van der Waals surface area contributed by atoms with Crippen molar-refractivity contribution in [2.45, 2.75) is 6.04 Å². The van der Waals surface area contributed by atoms with Gasteiger partial charge in [0.15, 0.2) is 0 Å². The summed E-state index contributed by atoms with van der Waals surface area (Å²) < 4.78 is 0. The zero-order chi connectivity index (χ0) is 11.7. The molecule has 1 fully saturated rings. The van der Waals surface area contributed by atoms with Crippen molar-refractivity contribution in [2.75, 3.05) is 19.9 Å². The largest absolute Gasteiger partial charge is 0.396 e. The lowest BCUT2D eigenvalue weighted by atomic mass is 9.65. The van der Waals surface area contributed by atoms with Gasteiger partial charge in [0.1, 0.15) is 12.5 Å². The molecule has 1 heterocycles. The Bertz CT molecular complexity index is 351. The number of rotatable bonds is 3. The fourth-order valence-electron chi connectivity index (χ4n) is 2.43. The molecule has 0 aromatic carbocycles. The van der Waals surface area contributed by atoms with Crippen molar-refractivity contribution >= 4 is 5.84 Å². The summed E-state index contributed by atoms with van der Waals surface area (Å²) in [6, 6.07) is 0.0650. The molecule has 0 spiro atoms. The Balaban J connectivity index is 2.06. The van der Waals surface area contributed by atoms with Crippen LogP contribution in [-0.2, 0) is 0 Å². The summed E-state index contributed by atoms with van der Waals surface area (Å²) in [6.45, 7) is 4.55. The summed E-state index contributed by atoms with van der Waals surface area (Å²) >= 11 is 0. The average Bonchev–Trinajstić information content (AvgIpc) is 2.29.